The normalized spacial score (nSPS) is 22.0. The Morgan fingerprint density at radius 3 is 2.60 bits per heavy atom. The lowest BCUT2D eigenvalue weighted by Gasteiger charge is -1.98. The summed E-state index contributed by atoms with van der Waals surface area (Å²) < 4.78 is 0. The minimum atomic E-state index is 0.486. The third-order valence-electron chi connectivity index (χ3n) is 1.73. The van der Waals surface area contributed by atoms with E-state index in [1.54, 1.807) is 0 Å². The van der Waals surface area contributed by atoms with Crippen molar-refractivity contribution in [3.8, 4) is 0 Å². The highest BCUT2D eigenvalue weighted by Crippen LogP contribution is 2.12. The zero-order valence-electron chi connectivity index (χ0n) is 6.59. The topological polar surface area (TPSA) is 18.5 Å². The fourth-order valence-corrected chi connectivity index (χ4v) is 0.936. The van der Waals surface area contributed by atoms with Crippen LogP contribution in [0.1, 0.15) is 20.3 Å². The summed E-state index contributed by atoms with van der Waals surface area (Å²) in [4.78, 5) is 9.52. The number of rotatable bonds is 2. The van der Waals surface area contributed by atoms with Gasteiger partial charge in [-0.2, -0.15) is 0 Å². The second kappa shape index (κ2) is 3.74. The molecule has 0 N–H and O–H groups in total. The maximum absolute atomic E-state index is 4.76. The number of hydrogen-bond donors (Lipinski definition) is 0. The van der Waals surface area contributed by atoms with Crippen LogP contribution in [0, 0.1) is 5.92 Å². The van der Waals surface area contributed by atoms with Gasteiger partial charge in [-0.1, -0.05) is 18.6 Å². The van der Waals surface area contributed by atoms with Gasteiger partial charge in [0.2, 0.25) is 0 Å². The molecule has 0 aromatic rings. The Hall–Kier alpha value is -0.340. The van der Waals surface area contributed by atoms with Gasteiger partial charge in [0.1, 0.15) is 0 Å². The summed E-state index contributed by atoms with van der Waals surface area (Å²) >= 11 is 0. The molecule has 1 heterocycles. The van der Waals surface area contributed by atoms with E-state index < -0.39 is 0 Å². The van der Waals surface area contributed by atoms with Crippen LogP contribution in [-0.4, -0.2) is 13.2 Å². The average molecular weight is 142 g/mol. The zero-order chi connectivity index (χ0) is 7.40. The van der Waals surface area contributed by atoms with Crippen LogP contribution in [0.15, 0.2) is 11.6 Å². The van der Waals surface area contributed by atoms with Gasteiger partial charge < -0.3 is 0 Å². The Bertz CT molecular complexity index is 123. The molecular formula is C8H14O2. The van der Waals surface area contributed by atoms with Gasteiger partial charge in [0.25, 0.3) is 0 Å². The van der Waals surface area contributed by atoms with Gasteiger partial charge in [-0.15, -0.1) is 0 Å². The summed E-state index contributed by atoms with van der Waals surface area (Å²) in [7, 11) is 0. The van der Waals surface area contributed by atoms with Crippen molar-refractivity contribution in [2.45, 2.75) is 20.3 Å². The molecule has 0 atom stereocenters. The predicted octanol–water partition coefficient (Wildman–Crippen LogP) is 1.92. The smallest absolute Gasteiger partial charge is 0.0908 e. The molecule has 1 fully saturated rings. The van der Waals surface area contributed by atoms with E-state index in [1.807, 2.05) is 0 Å². The van der Waals surface area contributed by atoms with Crippen LogP contribution in [0.4, 0.5) is 0 Å². The molecule has 0 aromatic carbocycles. The van der Waals surface area contributed by atoms with Gasteiger partial charge in [0, 0.05) is 5.92 Å². The van der Waals surface area contributed by atoms with Gasteiger partial charge in [-0.25, -0.2) is 9.78 Å². The van der Waals surface area contributed by atoms with E-state index in [9.17, 15) is 0 Å². The molecule has 0 amide bonds. The second-order valence-corrected chi connectivity index (χ2v) is 2.70. The van der Waals surface area contributed by atoms with Gasteiger partial charge in [-0.3, -0.25) is 0 Å². The van der Waals surface area contributed by atoms with Crippen molar-refractivity contribution in [1.29, 1.82) is 0 Å². The lowest BCUT2D eigenvalue weighted by molar-refractivity contribution is -0.248. The fourth-order valence-electron chi connectivity index (χ4n) is 0.936. The van der Waals surface area contributed by atoms with E-state index in [-0.39, 0.29) is 0 Å². The molecule has 10 heavy (non-hydrogen) atoms. The number of allylic oxidation sites excluding steroid dienone is 1. The average Bonchev–Trinajstić information content (AvgIpc) is 2.40. The summed E-state index contributed by atoms with van der Waals surface area (Å²) in [5.74, 6) is 0.486. The highest BCUT2D eigenvalue weighted by molar-refractivity contribution is 5.00. The van der Waals surface area contributed by atoms with Crippen molar-refractivity contribution in [3.05, 3.63) is 11.6 Å². The van der Waals surface area contributed by atoms with Crippen LogP contribution in [0.3, 0.4) is 0 Å². The van der Waals surface area contributed by atoms with Crippen molar-refractivity contribution < 1.29 is 9.78 Å². The third kappa shape index (κ3) is 2.12. The molecule has 0 aromatic heterocycles. The highest BCUT2D eigenvalue weighted by atomic mass is 17.2. The van der Waals surface area contributed by atoms with Crippen LogP contribution >= 0.6 is 0 Å². The zero-order valence-corrected chi connectivity index (χ0v) is 6.59. The monoisotopic (exact) mass is 142 g/mol. The minimum absolute atomic E-state index is 0.486. The third-order valence-corrected chi connectivity index (χ3v) is 1.73. The van der Waals surface area contributed by atoms with Crippen LogP contribution in [-0.2, 0) is 9.78 Å². The highest BCUT2D eigenvalue weighted by Gasteiger charge is 2.13. The van der Waals surface area contributed by atoms with E-state index in [4.69, 9.17) is 9.78 Å². The molecule has 0 bridgehead atoms. The molecular weight excluding hydrogens is 128 g/mol. The molecule has 2 nitrogen and oxygen atoms in total. The fraction of sp³-hybridized carbons (Fsp3) is 0.750. The van der Waals surface area contributed by atoms with Gasteiger partial charge in [0.05, 0.1) is 13.2 Å². The first-order valence-electron chi connectivity index (χ1n) is 3.74. The Morgan fingerprint density at radius 1 is 1.50 bits per heavy atom. The molecule has 0 unspecified atom stereocenters. The van der Waals surface area contributed by atoms with Crippen LogP contribution in [0.25, 0.3) is 0 Å². The van der Waals surface area contributed by atoms with Crippen molar-refractivity contribution >= 4 is 0 Å². The first-order chi connectivity index (χ1) is 4.83. The van der Waals surface area contributed by atoms with E-state index in [1.165, 1.54) is 5.57 Å². The molecule has 1 aliphatic heterocycles. The number of hydrogen-bond acceptors (Lipinski definition) is 2. The molecule has 2 heteroatoms. The minimum Gasteiger partial charge on any atom is -0.236 e. The molecule has 0 radical (unpaired) electrons. The summed E-state index contributed by atoms with van der Waals surface area (Å²) in [5, 5.41) is 0. The molecule has 0 spiro atoms. The van der Waals surface area contributed by atoms with Crippen molar-refractivity contribution in [3.63, 3.8) is 0 Å². The summed E-state index contributed by atoms with van der Waals surface area (Å²) in [6.45, 7) is 5.73. The van der Waals surface area contributed by atoms with E-state index in [2.05, 4.69) is 19.9 Å². The molecule has 1 aliphatic rings. The lowest BCUT2D eigenvalue weighted by atomic mass is 10.1. The van der Waals surface area contributed by atoms with Crippen molar-refractivity contribution in [2.24, 2.45) is 5.92 Å². The Balaban J connectivity index is 2.34. The molecule has 0 saturated carbocycles. The standard InChI is InChI=1S/C8H14O2/c1-3-7(2)4-8-5-9-10-6-8/h4,8H,3,5-6H2,1-2H3. The summed E-state index contributed by atoms with van der Waals surface area (Å²) in [6, 6.07) is 0. The summed E-state index contributed by atoms with van der Waals surface area (Å²) in [6.07, 6.45) is 3.35. The van der Waals surface area contributed by atoms with Crippen LogP contribution in [0.2, 0.25) is 0 Å². The van der Waals surface area contributed by atoms with E-state index in [0.29, 0.717) is 5.92 Å². The maximum atomic E-state index is 4.76. The van der Waals surface area contributed by atoms with Crippen molar-refractivity contribution in [2.75, 3.05) is 13.2 Å². The molecule has 1 saturated heterocycles. The van der Waals surface area contributed by atoms with Gasteiger partial charge in [-0.05, 0) is 13.3 Å². The Labute approximate surface area is 61.8 Å². The lowest BCUT2D eigenvalue weighted by Crippen LogP contribution is -1.99. The largest absolute Gasteiger partial charge is 0.236 e. The first kappa shape index (κ1) is 7.76. The Kier molecular flexibility index (Phi) is 2.90. The second-order valence-electron chi connectivity index (χ2n) is 2.70. The SMILES string of the molecule is CCC(C)=CC1COOC1. The van der Waals surface area contributed by atoms with E-state index >= 15 is 0 Å². The van der Waals surface area contributed by atoms with Gasteiger partial charge in [0.15, 0.2) is 0 Å². The quantitative estimate of drug-likeness (QED) is 0.433. The van der Waals surface area contributed by atoms with E-state index in [0.717, 1.165) is 19.6 Å². The first-order valence-corrected chi connectivity index (χ1v) is 3.74. The molecule has 0 aliphatic carbocycles. The molecule has 1 rings (SSSR count). The predicted molar refractivity (Wildman–Crippen MR) is 39.4 cm³/mol. The Morgan fingerprint density at radius 2 is 2.10 bits per heavy atom. The van der Waals surface area contributed by atoms with Crippen LogP contribution < -0.4 is 0 Å². The van der Waals surface area contributed by atoms with Crippen LogP contribution in [0.5, 0.6) is 0 Å². The molecule has 58 valence electrons. The maximum Gasteiger partial charge on any atom is 0.0908 e. The summed E-state index contributed by atoms with van der Waals surface area (Å²) in [5.41, 5.74) is 1.42. The van der Waals surface area contributed by atoms with Crippen molar-refractivity contribution in [1.82, 2.24) is 0 Å². The van der Waals surface area contributed by atoms with Gasteiger partial charge >= 0.3 is 0 Å².